The molecule has 1 saturated heterocycles. The lowest BCUT2D eigenvalue weighted by molar-refractivity contribution is -0.128. The van der Waals surface area contributed by atoms with Crippen molar-refractivity contribution >= 4 is 11.9 Å². The first-order valence-corrected chi connectivity index (χ1v) is 8.28. The van der Waals surface area contributed by atoms with Gasteiger partial charge in [0, 0.05) is 38.0 Å². The quantitative estimate of drug-likeness (QED) is 0.832. The number of urea groups is 1. The van der Waals surface area contributed by atoms with Crippen LogP contribution >= 0.6 is 0 Å². The molecule has 130 valence electrons. The van der Waals surface area contributed by atoms with Crippen molar-refractivity contribution in [3.05, 3.63) is 35.4 Å². The minimum absolute atomic E-state index is 0.143. The Labute approximate surface area is 139 Å². The van der Waals surface area contributed by atoms with Crippen LogP contribution in [0.15, 0.2) is 18.2 Å². The number of rotatable bonds is 6. The summed E-state index contributed by atoms with van der Waals surface area (Å²) in [5.41, 5.74) is 0.233. The van der Waals surface area contributed by atoms with E-state index in [9.17, 15) is 18.4 Å². The highest BCUT2D eigenvalue weighted by atomic mass is 19.1. The lowest BCUT2D eigenvalue weighted by Gasteiger charge is -2.15. The van der Waals surface area contributed by atoms with Gasteiger partial charge in [-0.05, 0) is 43.0 Å². The van der Waals surface area contributed by atoms with Gasteiger partial charge in [-0.2, -0.15) is 0 Å². The number of nitrogens with one attached hydrogen (secondary N) is 2. The number of benzene rings is 1. The van der Waals surface area contributed by atoms with Crippen LogP contribution in [0.4, 0.5) is 13.6 Å². The molecule has 0 radical (unpaired) electrons. The Morgan fingerprint density at radius 3 is 2.79 bits per heavy atom. The molecule has 0 spiro atoms. The first-order chi connectivity index (χ1) is 11.5. The second-order valence-electron chi connectivity index (χ2n) is 6.47. The first-order valence-electron chi connectivity index (χ1n) is 8.28. The molecular formula is C17H21F2N3O2. The monoisotopic (exact) mass is 337 g/mol. The summed E-state index contributed by atoms with van der Waals surface area (Å²) < 4.78 is 26.5. The smallest absolute Gasteiger partial charge is 0.314 e. The zero-order valence-electron chi connectivity index (χ0n) is 13.4. The summed E-state index contributed by atoms with van der Waals surface area (Å²) in [5, 5.41) is 5.36. The van der Waals surface area contributed by atoms with E-state index in [1.807, 2.05) is 4.90 Å². The normalized spacial score (nSPS) is 20.3. The number of carbonyl (C=O) groups excluding carboxylic acids is 2. The number of hydrogen-bond donors (Lipinski definition) is 2. The van der Waals surface area contributed by atoms with Crippen molar-refractivity contribution in [1.82, 2.24) is 15.5 Å². The molecule has 1 aliphatic heterocycles. The average molecular weight is 337 g/mol. The van der Waals surface area contributed by atoms with Gasteiger partial charge in [0.05, 0.1) is 0 Å². The van der Waals surface area contributed by atoms with Gasteiger partial charge in [-0.1, -0.05) is 0 Å². The summed E-state index contributed by atoms with van der Waals surface area (Å²) in [6.07, 6.45) is 2.87. The molecule has 1 aliphatic carbocycles. The summed E-state index contributed by atoms with van der Waals surface area (Å²) in [7, 11) is 0. The highest BCUT2D eigenvalue weighted by Gasteiger charge is 2.39. The molecule has 2 N–H and O–H groups in total. The molecule has 2 fully saturated rings. The largest absolute Gasteiger partial charge is 0.339 e. The van der Waals surface area contributed by atoms with Crippen molar-refractivity contribution in [1.29, 1.82) is 0 Å². The van der Waals surface area contributed by atoms with Crippen LogP contribution in [0, 0.1) is 17.6 Å². The highest BCUT2D eigenvalue weighted by molar-refractivity contribution is 5.79. The van der Waals surface area contributed by atoms with Crippen LogP contribution in [0.3, 0.4) is 0 Å². The number of likely N-dealkylation sites (tertiary alicyclic amines) is 1. The van der Waals surface area contributed by atoms with E-state index >= 15 is 0 Å². The van der Waals surface area contributed by atoms with Crippen LogP contribution in [-0.4, -0.2) is 42.5 Å². The Morgan fingerprint density at radius 2 is 2.04 bits per heavy atom. The predicted octanol–water partition coefficient (Wildman–Crippen LogP) is 1.82. The summed E-state index contributed by atoms with van der Waals surface area (Å²) in [6, 6.07) is 3.33. The minimum atomic E-state index is -0.498. The molecule has 0 unspecified atom stereocenters. The van der Waals surface area contributed by atoms with E-state index in [2.05, 4.69) is 10.6 Å². The van der Waals surface area contributed by atoms with Crippen LogP contribution < -0.4 is 10.6 Å². The molecule has 0 bridgehead atoms. The first kappa shape index (κ1) is 16.7. The molecule has 24 heavy (non-hydrogen) atoms. The van der Waals surface area contributed by atoms with Crippen LogP contribution in [-0.2, 0) is 11.2 Å². The fourth-order valence-corrected chi connectivity index (χ4v) is 3.03. The summed E-state index contributed by atoms with van der Waals surface area (Å²) in [6.45, 7) is 1.36. The second-order valence-corrected chi connectivity index (χ2v) is 6.47. The van der Waals surface area contributed by atoms with Gasteiger partial charge in [-0.15, -0.1) is 0 Å². The Morgan fingerprint density at radius 1 is 1.25 bits per heavy atom. The molecule has 1 aromatic carbocycles. The molecular weight excluding hydrogens is 316 g/mol. The zero-order chi connectivity index (χ0) is 17.1. The van der Waals surface area contributed by atoms with E-state index in [1.54, 1.807) is 0 Å². The predicted molar refractivity (Wildman–Crippen MR) is 84.3 cm³/mol. The third kappa shape index (κ3) is 4.21. The number of nitrogens with zero attached hydrogens (tertiary/aromatic N) is 1. The minimum Gasteiger partial charge on any atom is -0.339 e. The fourth-order valence-electron chi connectivity index (χ4n) is 3.03. The summed E-state index contributed by atoms with van der Waals surface area (Å²) >= 11 is 0. The lowest BCUT2D eigenvalue weighted by atomic mass is 10.1. The molecule has 1 aromatic rings. The van der Waals surface area contributed by atoms with E-state index in [-0.39, 0.29) is 36.4 Å². The van der Waals surface area contributed by atoms with E-state index < -0.39 is 11.6 Å². The molecule has 3 rings (SSSR count). The average Bonchev–Trinajstić information content (AvgIpc) is 3.32. The van der Waals surface area contributed by atoms with Gasteiger partial charge in [0.1, 0.15) is 11.6 Å². The molecule has 0 aromatic heterocycles. The van der Waals surface area contributed by atoms with E-state index in [4.69, 9.17) is 0 Å². The van der Waals surface area contributed by atoms with Crippen molar-refractivity contribution < 1.29 is 18.4 Å². The zero-order valence-corrected chi connectivity index (χ0v) is 13.4. The van der Waals surface area contributed by atoms with E-state index in [0.717, 1.165) is 31.0 Å². The number of hydrogen-bond acceptors (Lipinski definition) is 2. The molecule has 1 saturated carbocycles. The van der Waals surface area contributed by atoms with Gasteiger partial charge in [0.15, 0.2) is 0 Å². The molecule has 3 amide bonds. The van der Waals surface area contributed by atoms with Crippen LogP contribution in [0.5, 0.6) is 0 Å². The van der Waals surface area contributed by atoms with E-state index in [1.165, 1.54) is 0 Å². The highest BCUT2D eigenvalue weighted by Crippen LogP contribution is 2.32. The van der Waals surface area contributed by atoms with E-state index in [0.29, 0.717) is 25.6 Å². The van der Waals surface area contributed by atoms with Gasteiger partial charge in [-0.3, -0.25) is 4.79 Å². The van der Waals surface area contributed by atoms with Gasteiger partial charge < -0.3 is 15.5 Å². The molecule has 7 heteroatoms. The maximum atomic E-state index is 13.5. The second kappa shape index (κ2) is 7.15. The van der Waals surface area contributed by atoms with Crippen LogP contribution in [0.25, 0.3) is 0 Å². The standard InChI is InChI=1S/C17H21F2N3O2/c18-13-1-4-15(19)12(8-13)5-6-20-17(24)21-9-11-7-16(23)22(10-11)14-2-3-14/h1,4,8,11,14H,2-3,5-7,9-10H2,(H2,20,21,24)/t11-/m0/s1. The van der Waals surface area contributed by atoms with Crippen molar-refractivity contribution in [3.63, 3.8) is 0 Å². The fraction of sp³-hybridized carbons (Fsp3) is 0.529. The van der Waals surface area contributed by atoms with Gasteiger partial charge in [0.2, 0.25) is 5.91 Å². The lowest BCUT2D eigenvalue weighted by Crippen LogP contribution is -2.39. The number of amides is 3. The van der Waals surface area contributed by atoms with Crippen LogP contribution in [0.2, 0.25) is 0 Å². The van der Waals surface area contributed by atoms with Crippen molar-refractivity contribution in [2.75, 3.05) is 19.6 Å². The van der Waals surface area contributed by atoms with Crippen molar-refractivity contribution in [2.45, 2.75) is 31.7 Å². The number of halogens is 2. The SMILES string of the molecule is O=C(NCCc1cc(F)ccc1F)NC[C@@H]1CC(=O)N(C2CC2)C1. The van der Waals surface area contributed by atoms with Gasteiger partial charge >= 0.3 is 6.03 Å². The van der Waals surface area contributed by atoms with Crippen LogP contribution in [0.1, 0.15) is 24.8 Å². The third-order valence-corrected chi connectivity index (χ3v) is 4.47. The summed E-state index contributed by atoms with van der Waals surface area (Å²) in [4.78, 5) is 25.5. The van der Waals surface area contributed by atoms with Crippen molar-refractivity contribution in [2.24, 2.45) is 5.92 Å². The Hall–Kier alpha value is -2.18. The summed E-state index contributed by atoms with van der Waals surface area (Å²) in [5.74, 6) is -0.666. The van der Waals surface area contributed by atoms with Gasteiger partial charge in [0.25, 0.3) is 0 Å². The Kier molecular flexibility index (Phi) is 4.97. The maximum absolute atomic E-state index is 13.5. The molecule has 2 aliphatic rings. The Balaban J connectivity index is 1.36. The molecule has 1 atom stereocenters. The molecule has 1 heterocycles. The Bertz CT molecular complexity index is 634. The maximum Gasteiger partial charge on any atom is 0.314 e. The number of carbonyl (C=O) groups is 2. The van der Waals surface area contributed by atoms with Crippen molar-refractivity contribution in [3.8, 4) is 0 Å². The molecule has 5 nitrogen and oxygen atoms in total. The topological polar surface area (TPSA) is 61.4 Å². The van der Waals surface area contributed by atoms with Gasteiger partial charge in [-0.25, -0.2) is 13.6 Å². The third-order valence-electron chi connectivity index (χ3n) is 4.47.